The van der Waals surface area contributed by atoms with Crippen molar-refractivity contribution >= 4 is 11.6 Å². The molecule has 1 aromatic carbocycles. The number of rotatable bonds is 4. The third-order valence-electron chi connectivity index (χ3n) is 3.57. The Hall–Kier alpha value is -2.57. The predicted octanol–water partition coefficient (Wildman–Crippen LogP) is 0.628. The molecule has 0 saturated carbocycles. The molecule has 1 fully saturated rings. The van der Waals surface area contributed by atoms with E-state index in [2.05, 4.69) is 25.4 Å². The first-order valence-electron chi connectivity index (χ1n) is 6.99. The molecule has 3 rings (SSSR count). The number of anilines is 1. The molecule has 7 heteroatoms. The lowest BCUT2D eigenvalue weighted by molar-refractivity contribution is 0.0950. The lowest BCUT2D eigenvalue weighted by Gasteiger charge is -2.17. The van der Waals surface area contributed by atoms with Gasteiger partial charge in [0.1, 0.15) is 5.82 Å². The van der Waals surface area contributed by atoms with Gasteiger partial charge in [-0.2, -0.15) is 5.10 Å². The van der Waals surface area contributed by atoms with Gasteiger partial charge in [-0.25, -0.2) is 9.89 Å². The Kier molecular flexibility index (Phi) is 3.72. The maximum absolute atomic E-state index is 12.0. The molecule has 1 aromatic heterocycles. The van der Waals surface area contributed by atoms with Crippen molar-refractivity contribution < 1.29 is 4.79 Å². The van der Waals surface area contributed by atoms with Crippen molar-refractivity contribution in [2.75, 3.05) is 18.0 Å². The smallest absolute Gasteiger partial charge is 0.340 e. The van der Waals surface area contributed by atoms with Gasteiger partial charge in [0.25, 0.3) is 5.91 Å². The van der Waals surface area contributed by atoms with Crippen molar-refractivity contribution in [3.05, 3.63) is 46.1 Å². The number of benzene rings is 1. The van der Waals surface area contributed by atoms with Crippen LogP contribution in [0.5, 0.6) is 0 Å². The first kappa shape index (κ1) is 13.4. The van der Waals surface area contributed by atoms with Gasteiger partial charge in [-0.1, -0.05) is 0 Å². The van der Waals surface area contributed by atoms with Crippen LogP contribution in [-0.2, 0) is 6.54 Å². The minimum Gasteiger partial charge on any atom is -0.372 e. The molecule has 21 heavy (non-hydrogen) atoms. The third kappa shape index (κ3) is 3.13. The molecule has 110 valence electrons. The Morgan fingerprint density at radius 3 is 2.57 bits per heavy atom. The fraction of sp³-hybridized carbons (Fsp3) is 0.357. The van der Waals surface area contributed by atoms with Gasteiger partial charge < -0.3 is 10.2 Å². The van der Waals surface area contributed by atoms with Crippen LogP contribution in [0.15, 0.2) is 29.1 Å². The SMILES string of the molecule is O=C(NCc1n[nH]c(=O)[nH]1)c1ccc(N2CCCC2)cc1. The summed E-state index contributed by atoms with van der Waals surface area (Å²) in [5, 5.41) is 8.70. The van der Waals surface area contributed by atoms with Gasteiger partial charge in [0, 0.05) is 24.3 Å². The summed E-state index contributed by atoms with van der Waals surface area (Å²) in [5.74, 6) is 0.217. The number of hydrogen-bond acceptors (Lipinski definition) is 4. The van der Waals surface area contributed by atoms with E-state index in [0.29, 0.717) is 11.4 Å². The van der Waals surface area contributed by atoms with E-state index in [1.165, 1.54) is 12.8 Å². The maximum atomic E-state index is 12.0. The molecular formula is C14H17N5O2. The maximum Gasteiger partial charge on any atom is 0.340 e. The Morgan fingerprint density at radius 1 is 1.24 bits per heavy atom. The molecule has 0 spiro atoms. The van der Waals surface area contributed by atoms with E-state index in [1.54, 1.807) is 0 Å². The summed E-state index contributed by atoms with van der Waals surface area (Å²) in [6, 6.07) is 7.57. The number of H-pyrrole nitrogens is 2. The van der Waals surface area contributed by atoms with E-state index in [4.69, 9.17) is 0 Å². The molecule has 2 heterocycles. The highest BCUT2D eigenvalue weighted by Crippen LogP contribution is 2.20. The number of carbonyl (C=O) groups is 1. The molecule has 0 aliphatic carbocycles. The Bertz CT molecular complexity index is 667. The molecule has 2 aromatic rings. The number of aromatic nitrogens is 3. The van der Waals surface area contributed by atoms with Gasteiger partial charge in [0.2, 0.25) is 0 Å². The van der Waals surface area contributed by atoms with E-state index in [9.17, 15) is 9.59 Å². The van der Waals surface area contributed by atoms with Crippen LogP contribution in [-0.4, -0.2) is 34.2 Å². The highest BCUT2D eigenvalue weighted by Gasteiger charge is 2.13. The minimum absolute atomic E-state index is 0.186. The van der Waals surface area contributed by atoms with Crippen LogP contribution < -0.4 is 15.9 Å². The topological polar surface area (TPSA) is 93.9 Å². The zero-order valence-electron chi connectivity index (χ0n) is 11.6. The third-order valence-corrected chi connectivity index (χ3v) is 3.57. The van der Waals surface area contributed by atoms with E-state index in [1.807, 2.05) is 24.3 Å². The zero-order chi connectivity index (χ0) is 14.7. The lowest BCUT2D eigenvalue weighted by atomic mass is 10.2. The molecule has 1 aliphatic rings. The largest absolute Gasteiger partial charge is 0.372 e. The summed E-state index contributed by atoms with van der Waals surface area (Å²) >= 11 is 0. The average molecular weight is 287 g/mol. The van der Waals surface area contributed by atoms with E-state index < -0.39 is 0 Å². The van der Waals surface area contributed by atoms with Crippen LogP contribution in [0.3, 0.4) is 0 Å². The zero-order valence-corrected chi connectivity index (χ0v) is 11.6. The summed E-state index contributed by atoms with van der Waals surface area (Å²) in [4.78, 5) is 27.7. The quantitative estimate of drug-likeness (QED) is 0.768. The molecule has 1 aliphatic heterocycles. The molecule has 7 nitrogen and oxygen atoms in total. The number of hydrogen-bond donors (Lipinski definition) is 3. The Morgan fingerprint density at radius 2 is 1.95 bits per heavy atom. The number of amides is 1. The van der Waals surface area contributed by atoms with E-state index in [-0.39, 0.29) is 18.1 Å². The van der Waals surface area contributed by atoms with Gasteiger partial charge in [0.15, 0.2) is 0 Å². The molecule has 3 N–H and O–H groups in total. The second kappa shape index (κ2) is 5.82. The van der Waals surface area contributed by atoms with Crippen molar-refractivity contribution in [3.63, 3.8) is 0 Å². The van der Waals surface area contributed by atoms with Crippen molar-refractivity contribution in [2.24, 2.45) is 0 Å². The van der Waals surface area contributed by atoms with Crippen LogP contribution in [0.25, 0.3) is 0 Å². The van der Waals surface area contributed by atoms with E-state index >= 15 is 0 Å². The Balaban J connectivity index is 1.60. The van der Waals surface area contributed by atoms with Gasteiger partial charge in [0.05, 0.1) is 6.54 Å². The number of carbonyl (C=O) groups excluding carboxylic acids is 1. The van der Waals surface area contributed by atoms with Gasteiger partial charge >= 0.3 is 5.69 Å². The average Bonchev–Trinajstić information content (AvgIpc) is 3.16. The second-order valence-electron chi connectivity index (χ2n) is 5.05. The van der Waals surface area contributed by atoms with Crippen molar-refractivity contribution in [3.8, 4) is 0 Å². The van der Waals surface area contributed by atoms with Gasteiger partial charge in [-0.05, 0) is 37.1 Å². The summed E-state index contributed by atoms with van der Waals surface area (Å²) in [5.41, 5.74) is 1.37. The Labute approximate surface area is 121 Å². The normalized spacial score (nSPS) is 14.4. The van der Waals surface area contributed by atoms with Gasteiger partial charge in [-0.3, -0.25) is 9.78 Å². The first-order chi connectivity index (χ1) is 10.2. The summed E-state index contributed by atoms with van der Waals surface area (Å²) in [6.45, 7) is 2.35. The van der Waals surface area contributed by atoms with Crippen molar-refractivity contribution in [1.29, 1.82) is 0 Å². The van der Waals surface area contributed by atoms with Crippen LogP contribution in [0.1, 0.15) is 29.0 Å². The molecular weight excluding hydrogens is 270 g/mol. The second-order valence-corrected chi connectivity index (χ2v) is 5.05. The summed E-state index contributed by atoms with van der Waals surface area (Å²) < 4.78 is 0. The molecule has 0 radical (unpaired) electrons. The fourth-order valence-corrected chi connectivity index (χ4v) is 2.45. The lowest BCUT2D eigenvalue weighted by Crippen LogP contribution is -2.24. The minimum atomic E-state index is -0.380. The molecule has 1 amide bonds. The first-order valence-corrected chi connectivity index (χ1v) is 6.99. The van der Waals surface area contributed by atoms with Crippen LogP contribution in [0.2, 0.25) is 0 Å². The number of nitrogens with zero attached hydrogens (tertiary/aromatic N) is 2. The molecule has 1 saturated heterocycles. The molecule has 0 bridgehead atoms. The predicted molar refractivity (Wildman–Crippen MR) is 78.3 cm³/mol. The highest BCUT2D eigenvalue weighted by molar-refractivity contribution is 5.94. The number of aromatic amines is 2. The van der Waals surface area contributed by atoms with Crippen LogP contribution >= 0.6 is 0 Å². The van der Waals surface area contributed by atoms with Crippen LogP contribution in [0.4, 0.5) is 5.69 Å². The fourth-order valence-electron chi connectivity index (χ4n) is 2.45. The monoisotopic (exact) mass is 287 g/mol. The number of nitrogens with one attached hydrogen (secondary N) is 3. The molecule has 0 atom stereocenters. The van der Waals surface area contributed by atoms with Crippen molar-refractivity contribution in [2.45, 2.75) is 19.4 Å². The van der Waals surface area contributed by atoms with E-state index in [0.717, 1.165) is 18.8 Å². The standard InChI is InChI=1S/C14H17N5O2/c20-13(15-9-12-16-14(21)18-17-12)10-3-5-11(6-4-10)19-7-1-2-8-19/h3-6H,1-2,7-9H2,(H,15,20)(H2,16,17,18,21). The summed E-state index contributed by atoms with van der Waals surface area (Å²) in [6.07, 6.45) is 2.45. The highest BCUT2D eigenvalue weighted by atomic mass is 16.2. The molecule has 0 unspecified atom stereocenters. The van der Waals surface area contributed by atoms with Crippen molar-refractivity contribution in [1.82, 2.24) is 20.5 Å². The summed E-state index contributed by atoms with van der Waals surface area (Å²) in [7, 11) is 0. The van der Waals surface area contributed by atoms with Gasteiger partial charge in [-0.15, -0.1) is 0 Å². The van der Waals surface area contributed by atoms with Crippen LogP contribution in [0, 0.1) is 0 Å².